The molecule has 8 rings (SSSR count). The molecule has 2 heterocycles. The molecule has 0 saturated carbocycles. The third-order valence-corrected chi connectivity index (χ3v) is 16.2. The second-order valence-corrected chi connectivity index (χ2v) is 16.8. The molecule has 2 aliphatic heterocycles. The van der Waals surface area contributed by atoms with Gasteiger partial charge in [0, 0.05) is 15.8 Å². The maximum Gasteiger partial charge on any atom is 0.197 e. The summed E-state index contributed by atoms with van der Waals surface area (Å²) in [4.78, 5) is 0. The first kappa shape index (κ1) is 24.2. The van der Waals surface area contributed by atoms with E-state index >= 15 is 4.57 Å². The second-order valence-electron chi connectivity index (χ2n) is 10.4. The molecule has 0 bridgehead atoms. The molecule has 6 aromatic rings. The van der Waals surface area contributed by atoms with Crippen LogP contribution in [0.1, 0.15) is 0 Å². The van der Waals surface area contributed by atoms with Gasteiger partial charge >= 0.3 is 0 Å². The maximum atomic E-state index is 15.7. The minimum absolute atomic E-state index is 0.655. The van der Waals surface area contributed by atoms with E-state index in [4.69, 9.17) is 9.47 Å². The van der Waals surface area contributed by atoms with Crippen molar-refractivity contribution in [3.8, 4) is 23.0 Å². The van der Waals surface area contributed by atoms with Crippen LogP contribution in [0.4, 0.5) is 0 Å². The van der Waals surface area contributed by atoms with Crippen LogP contribution in [0.2, 0.25) is 0 Å². The lowest BCUT2D eigenvalue weighted by Crippen LogP contribution is -2.77. The summed E-state index contributed by atoms with van der Waals surface area (Å²) in [5.74, 6) is 3.08. The summed E-state index contributed by atoms with van der Waals surface area (Å²) < 4.78 is 29.2. The zero-order valence-corrected chi connectivity index (χ0v) is 24.0. The number of ether oxygens (including phenoxy) is 2. The molecule has 2 aliphatic rings. The lowest BCUT2D eigenvalue weighted by Gasteiger charge is -2.44. The standard InChI is InChI=1S/C36H25O3PSi/c37-40(26-14-4-1-5-15-26,27-16-6-2-7-17-27)32-25-24-31-36-35(32)39-30-21-11-13-23-34(30)41(36,28-18-8-3-9-19-28)33-22-12-10-20-29(33)38-31/h1-25H. The molecule has 1 unspecified atom stereocenters. The van der Waals surface area contributed by atoms with Gasteiger partial charge in [-0.3, -0.25) is 0 Å². The van der Waals surface area contributed by atoms with Gasteiger partial charge in [-0.25, -0.2) is 0 Å². The number of para-hydroxylation sites is 2. The van der Waals surface area contributed by atoms with Crippen molar-refractivity contribution < 1.29 is 14.0 Å². The van der Waals surface area contributed by atoms with Gasteiger partial charge in [0.2, 0.25) is 0 Å². The fraction of sp³-hybridized carbons (Fsp3) is 0. The Morgan fingerprint density at radius 3 is 1.54 bits per heavy atom. The molecule has 196 valence electrons. The number of hydrogen-bond donors (Lipinski definition) is 0. The molecular weight excluding hydrogens is 539 g/mol. The van der Waals surface area contributed by atoms with Crippen molar-refractivity contribution in [3.63, 3.8) is 0 Å². The van der Waals surface area contributed by atoms with Crippen LogP contribution in [0.5, 0.6) is 23.0 Å². The molecule has 0 spiro atoms. The van der Waals surface area contributed by atoms with Gasteiger partial charge in [0.15, 0.2) is 15.2 Å². The third-order valence-electron chi connectivity index (χ3n) is 8.27. The first-order chi connectivity index (χ1) is 20.2. The Balaban J connectivity index is 1.54. The SMILES string of the molecule is O=P(c1ccccc1)(c1ccccc1)c1ccc2c3c1Oc1ccccc1[Si]3(c1ccccc1)c1ccccc1O2. The smallest absolute Gasteiger partial charge is 0.197 e. The van der Waals surface area contributed by atoms with E-state index in [1.54, 1.807) is 0 Å². The van der Waals surface area contributed by atoms with E-state index in [9.17, 15) is 0 Å². The molecule has 0 saturated heterocycles. The van der Waals surface area contributed by atoms with Crippen LogP contribution in [-0.4, -0.2) is 8.07 Å². The summed E-state index contributed by atoms with van der Waals surface area (Å²) in [6, 6.07) is 51.0. The van der Waals surface area contributed by atoms with Crippen molar-refractivity contribution in [1.82, 2.24) is 0 Å². The highest BCUT2D eigenvalue weighted by molar-refractivity contribution is 7.85. The highest BCUT2D eigenvalue weighted by Crippen LogP contribution is 2.48. The average Bonchev–Trinajstić information content (AvgIpc) is 3.05. The molecule has 0 aliphatic carbocycles. The van der Waals surface area contributed by atoms with Crippen LogP contribution < -0.4 is 46.1 Å². The largest absolute Gasteiger partial charge is 0.457 e. The Morgan fingerprint density at radius 2 is 0.951 bits per heavy atom. The highest BCUT2D eigenvalue weighted by atomic mass is 31.2. The van der Waals surface area contributed by atoms with Crippen LogP contribution >= 0.6 is 7.14 Å². The van der Waals surface area contributed by atoms with Gasteiger partial charge in [-0.1, -0.05) is 127 Å². The van der Waals surface area contributed by atoms with Gasteiger partial charge in [0.1, 0.15) is 23.0 Å². The highest BCUT2D eigenvalue weighted by Gasteiger charge is 2.55. The van der Waals surface area contributed by atoms with Gasteiger partial charge in [-0.15, -0.1) is 0 Å². The third kappa shape index (κ3) is 3.35. The van der Waals surface area contributed by atoms with Gasteiger partial charge in [0.05, 0.1) is 5.30 Å². The Labute approximate surface area is 240 Å². The van der Waals surface area contributed by atoms with Crippen molar-refractivity contribution in [1.29, 1.82) is 0 Å². The number of benzene rings is 6. The Morgan fingerprint density at radius 1 is 0.463 bits per heavy atom. The molecule has 5 heteroatoms. The first-order valence-corrected chi connectivity index (χ1v) is 17.4. The van der Waals surface area contributed by atoms with Gasteiger partial charge in [-0.2, -0.15) is 0 Å². The molecule has 0 fully saturated rings. The summed E-state index contributed by atoms with van der Waals surface area (Å²) in [6.07, 6.45) is 0. The summed E-state index contributed by atoms with van der Waals surface area (Å²) >= 11 is 0. The van der Waals surface area contributed by atoms with Crippen LogP contribution in [-0.2, 0) is 4.57 Å². The maximum absolute atomic E-state index is 15.7. The topological polar surface area (TPSA) is 35.5 Å². The van der Waals surface area contributed by atoms with E-state index in [0.717, 1.165) is 33.0 Å². The zero-order valence-electron chi connectivity index (χ0n) is 22.1. The predicted molar refractivity (Wildman–Crippen MR) is 170 cm³/mol. The average molecular weight is 565 g/mol. The van der Waals surface area contributed by atoms with Gasteiger partial charge < -0.3 is 14.0 Å². The van der Waals surface area contributed by atoms with Crippen LogP contribution in [0, 0.1) is 0 Å². The van der Waals surface area contributed by atoms with Gasteiger partial charge in [-0.05, 0) is 39.8 Å². The monoisotopic (exact) mass is 564 g/mol. The van der Waals surface area contributed by atoms with Crippen molar-refractivity contribution in [2.45, 2.75) is 0 Å². The Kier molecular flexibility index (Phi) is 5.43. The van der Waals surface area contributed by atoms with E-state index in [-0.39, 0.29) is 0 Å². The summed E-state index contributed by atoms with van der Waals surface area (Å²) in [7, 11) is -6.28. The summed E-state index contributed by atoms with van der Waals surface area (Å²) in [6.45, 7) is 0. The van der Waals surface area contributed by atoms with Crippen molar-refractivity contribution >= 4 is 51.9 Å². The molecular formula is C36H25O3PSi. The number of fused-ring (bicyclic) bond motifs is 4. The van der Waals surface area contributed by atoms with Gasteiger partial charge in [0.25, 0.3) is 0 Å². The molecule has 0 aromatic heterocycles. The Bertz CT molecular complexity index is 1920. The summed E-state index contributed by atoms with van der Waals surface area (Å²) in [5.41, 5.74) is 0. The van der Waals surface area contributed by atoms with E-state index in [1.165, 1.54) is 15.6 Å². The van der Waals surface area contributed by atoms with Crippen molar-refractivity contribution in [3.05, 3.63) is 152 Å². The quantitative estimate of drug-likeness (QED) is 0.225. The second kappa shape index (κ2) is 9.20. The molecule has 0 N–H and O–H groups in total. The molecule has 6 aromatic carbocycles. The van der Waals surface area contributed by atoms with E-state index in [0.29, 0.717) is 11.1 Å². The zero-order chi connectivity index (χ0) is 27.4. The van der Waals surface area contributed by atoms with Crippen LogP contribution in [0.3, 0.4) is 0 Å². The summed E-state index contributed by atoms with van der Waals surface area (Å²) in [5, 5.41) is 6.83. The fourth-order valence-electron chi connectivity index (χ4n) is 6.57. The van der Waals surface area contributed by atoms with Crippen molar-refractivity contribution in [2.75, 3.05) is 0 Å². The minimum atomic E-state index is -3.35. The molecule has 3 nitrogen and oxygen atoms in total. The molecule has 0 amide bonds. The Hall–Kier alpha value is -4.63. The first-order valence-electron chi connectivity index (χ1n) is 13.7. The van der Waals surface area contributed by atoms with E-state index < -0.39 is 15.2 Å². The lowest BCUT2D eigenvalue weighted by atomic mass is 10.2. The van der Waals surface area contributed by atoms with Crippen molar-refractivity contribution in [2.24, 2.45) is 0 Å². The predicted octanol–water partition coefficient (Wildman–Crippen LogP) is 4.91. The van der Waals surface area contributed by atoms with Crippen LogP contribution in [0.25, 0.3) is 0 Å². The number of hydrogen-bond acceptors (Lipinski definition) is 3. The normalized spacial score (nSPS) is 16.4. The van der Waals surface area contributed by atoms with Crippen LogP contribution in [0.15, 0.2) is 152 Å². The number of rotatable bonds is 4. The molecule has 1 atom stereocenters. The molecule has 0 radical (unpaired) electrons. The fourth-order valence-corrected chi connectivity index (χ4v) is 14.6. The van der Waals surface area contributed by atoms with E-state index in [2.05, 4.69) is 60.7 Å². The molecule has 41 heavy (non-hydrogen) atoms. The van der Waals surface area contributed by atoms with E-state index in [1.807, 2.05) is 91.0 Å². The minimum Gasteiger partial charge on any atom is -0.457 e. The lowest BCUT2D eigenvalue weighted by molar-refractivity contribution is 0.466.